The summed E-state index contributed by atoms with van der Waals surface area (Å²) in [6.07, 6.45) is 1.74. The molecule has 1 N–H and O–H groups in total. The normalized spacial score (nSPS) is 16.2. The zero-order chi connectivity index (χ0) is 22.0. The van der Waals surface area contributed by atoms with Crippen LogP contribution in [-0.4, -0.2) is 77.4 Å². The highest BCUT2D eigenvalue weighted by Gasteiger charge is 2.24. The lowest BCUT2D eigenvalue weighted by molar-refractivity contribution is 0.101. The van der Waals surface area contributed by atoms with Gasteiger partial charge in [0.15, 0.2) is 9.84 Å². The first-order valence-corrected chi connectivity index (χ1v) is 11.4. The van der Waals surface area contributed by atoms with E-state index in [0.29, 0.717) is 25.3 Å². The minimum absolute atomic E-state index is 0.0247. The standard InChI is InChI=1S/C19H22N6O5S/c1-29-15-11-16(30-2)22-19(21-15)23-18(26)17-20-13(14-5-3-4-6-25(14)17)12-24-7-9-31(27,28)10-8-24/h3-6,11H,7-10,12H2,1-2H3,(H,21,22,23,26). The Morgan fingerprint density at radius 3 is 2.42 bits per heavy atom. The fraction of sp³-hybridized carbons (Fsp3) is 0.368. The molecule has 11 nitrogen and oxygen atoms in total. The molecule has 0 bridgehead atoms. The highest BCUT2D eigenvalue weighted by Crippen LogP contribution is 2.20. The van der Waals surface area contributed by atoms with E-state index in [0.717, 1.165) is 5.52 Å². The Balaban J connectivity index is 1.60. The third kappa shape index (κ3) is 4.59. The Bertz CT molecular complexity index is 1190. The summed E-state index contributed by atoms with van der Waals surface area (Å²) in [4.78, 5) is 27.8. The van der Waals surface area contributed by atoms with Crippen molar-refractivity contribution >= 4 is 27.2 Å². The number of carbonyl (C=O) groups excluding carboxylic acids is 1. The van der Waals surface area contributed by atoms with E-state index in [4.69, 9.17) is 9.47 Å². The van der Waals surface area contributed by atoms with E-state index < -0.39 is 15.7 Å². The monoisotopic (exact) mass is 446 g/mol. The molecule has 0 atom stereocenters. The van der Waals surface area contributed by atoms with E-state index >= 15 is 0 Å². The van der Waals surface area contributed by atoms with Crippen molar-refractivity contribution in [1.29, 1.82) is 0 Å². The maximum absolute atomic E-state index is 13.0. The third-order valence-electron chi connectivity index (χ3n) is 4.96. The third-order valence-corrected chi connectivity index (χ3v) is 6.57. The van der Waals surface area contributed by atoms with Crippen LogP contribution in [0.2, 0.25) is 0 Å². The Labute approximate surface area is 179 Å². The van der Waals surface area contributed by atoms with Crippen LogP contribution in [0.4, 0.5) is 5.95 Å². The maximum Gasteiger partial charge on any atom is 0.294 e. The molecule has 0 aromatic carbocycles. The Hall–Kier alpha value is -3.25. The number of imidazole rings is 1. The molecule has 164 valence electrons. The van der Waals surface area contributed by atoms with Gasteiger partial charge in [0.2, 0.25) is 23.5 Å². The van der Waals surface area contributed by atoms with Crippen LogP contribution in [0.15, 0.2) is 30.5 Å². The van der Waals surface area contributed by atoms with Crippen molar-refractivity contribution in [3.63, 3.8) is 0 Å². The molecule has 0 spiro atoms. The molecule has 1 aliphatic rings. The van der Waals surface area contributed by atoms with Gasteiger partial charge >= 0.3 is 0 Å². The SMILES string of the molecule is COc1cc(OC)nc(NC(=O)c2nc(CN3CCS(=O)(=O)CC3)c3ccccn23)n1. The molecule has 1 fully saturated rings. The number of sulfone groups is 1. The number of hydrogen-bond acceptors (Lipinski definition) is 9. The van der Waals surface area contributed by atoms with Crippen LogP contribution in [0.3, 0.4) is 0 Å². The molecular weight excluding hydrogens is 424 g/mol. The van der Waals surface area contributed by atoms with Crippen molar-refractivity contribution in [2.24, 2.45) is 0 Å². The average Bonchev–Trinajstić information content (AvgIpc) is 3.13. The number of nitrogens with one attached hydrogen (secondary N) is 1. The van der Waals surface area contributed by atoms with Crippen molar-refractivity contribution in [3.8, 4) is 11.8 Å². The predicted octanol–water partition coefficient (Wildman–Crippen LogP) is 0.624. The van der Waals surface area contributed by atoms with Gasteiger partial charge in [-0.05, 0) is 12.1 Å². The number of amides is 1. The van der Waals surface area contributed by atoms with Crippen LogP contribution < -0.4 is 14.8 Å². The van der Waals surface area contributed by atoms with Gasteiger partial charge in [-0.25, -0.2) is 13.4 Å². The van der Waals surface area contributed by atoms with E-state index in [1.54, 1.807) is 16.7 Å². The molecule has 12 heteroatoms. The van der Waals surface area contributed by atoms with Crippen LogP contribution in [0, 0.1) is 0 Å². The van der Waals surface area contributed by atoms with Crippen LogP contribution in [-0.2, 0) is 16.4 Å². The molecule has 1 amide bonds. The number of methoxy groups -OCH3 is 2. The predicted molar refractivity (Wildman–Crippen MR) is 112 cm³/mol. The van der Waals surface area contributed by atoms with Gasteiger partial charge in [-0.3, -0.25) is 19.4 Å². The second-order valence-electron chi connectivity index (χ2n) is 7.00. The van der Waals surface area contributed by atoms with Crippen molar-refractivity contribution in [2.45, 2.75) is 6.54 Å². The Morgan fingerprint density at radius 1 is 1.10 bits per heavy atom. The molecule has 4 rings (SSSR count). The van der Waals surface area contributed by atoms with Crippen molar-refractivity contribution < 1.29 is 22.7 Å². The van der Waals surface area contributed by atoms with Gasteiger partial charge in [0, 0.05) is 25.8 Å². The number of aromatic nitrogens is 4. The van der Waals surface area contributed by atoms with Crippen molar-refractivity contribution in [3.05, 3.63) is 42.0 Å². The fourth-order valence-electron chi connectivity index (χ4n) is 3.33. The van der Waals surface area contributed by atoms with Crippen LogP contribution in [0.25, 0.3) is 5.52 Å². The number of fused-ring (bicyclic) bond motifs is 1. The molecule has 4 heterocycles. The number of ether oxygens (including phenoxy) is 2. The summed E-state index contributed by atoms with van der Waals surface area (Å²) in [6.45, 7) is 1.32. The van der Waals surface area contributed by atoms with Crippen molar-refractivity contribution in [2.75, 3.05) is 44.1 Å². The quantitative estimate of drug-likeness (QED) is 0.579. The van der Waals surface area contributed by atoms with Gasteiger partial charge in [0.1, 0.15) is 0 Å². The first-order chi connectivity index (χ1) is 14.9. The van der Waals surface area contributed by atoms with Gasteiger partial charge in [0.25, 0.3) is 5.91 Å². The smallest absolute Gasteiger partial charge is 0.294 e. The molecule has 0 radical (unpaired) electrons. The van der Waals surface area contributed by atoms with Crippen LogP contribution in [0.5, 0.6) is 11.8 Å². The number of rotatable bonds is 6. The molecule has 0 aliphatic carbocycles. The number of carbonyl (C=O) groups is 1. The van der Waals surface area contributed by atoms with E-state index in [1.165, 1.54) is 20.3 Å². The zero-order valence-corrected chi connectivity index (χ0v) is 17.9. The van der Waals surface area contributed by atoms with Gasteiger partial charge in [-0.15, -0.1) is 0 Å². The van der Waals surface area contributed by atoms with E-state index in [-0.39, 0.29) is 35.0 Å². The van der Waals surface area contributed by atoms with Crippen molar-refractivity contribution in [1.82, 2.24) is 24.3 Å². The molecular formula is C19H22N6O5S. The highest BCUT2D eigenvalue weighted by molar-refractivity contribution is 7.91. The maximum atomic E-state index is 13.0. The first kappa shape index (κ1) is 21.0. The summed E-state index contributed by atoms with van der Waals surface area (Å²) in [5.74, 6) is 0.440. The summed E-state index contributed by atoms with van der Waals surface area (Å²) >= 11 is 0. The molecule has 3 aromatic heterocycles. The average molecular weight is 446 g/mol. The number of hydrogen-bond donors (Lipinski definition) is 1. The lowest BCUT2D eigenvalue weighted by Gasteiger charge is -2.25. The Kier molecular flexibility index (Phi) is 5.74. The van der Waals surface area contributed by atoms with Gasteiger partial charge < -0.3 is 9.47 Å². The summed E-state index contributed by atoms with van der Waals surface area (Å²) in [5, 5.41) is 2.63. The van der Waals surface area contributed by atoms with Gasteiger partial charge in [-0.1, -0.05) is 6.07 Å². The summed E-state index contributed by atoms with van der Waals surface area (Å²) in [5.41, 5.74) is 1.46. The topological polar surface area (TPSA) is 128 Å². The Morgan fingerprint density at radius 2 is 1.77 bits per heavy atom. The lowest BCUT2D eigenvalue weighted by atomic mass is 10.3. The number of pyridine rings is 1. The van der Waals surface area contributed by atoms with E-state index in [1.807, 2.05) is 17.0 Å². The van der Waals surface area contributed by atoms with Crippen LogP contribution in [0.1, 0.15) is 16.3 Å². The molecule has 0 unspecified atom stereocenters. The fourth-order valence-corrected chi connectivity index (χ4v) is 4.60. The summed E-state index contributed by atoms with van der Waals surface area (Å²) < 4.78 is 35.3. The summed E-state index contributed by atoms with van der Waals surface area (Å²) in [7, 11) is -0.0666. The minimum atomic E-state index is -2.97. The largest absolute Gasteiger partial charge is 0.481 e. The lowest BCUT2D eigenvalue weighted by Crippen LogP contribution is -2.39. The molecule has 0 saturated carbocycles. The molecule has 1 aliphatic heterocycles. The first-order valence-electron chi connectivity index (χ1n) is 9.55. The van der Waals surface area contributed by atoms with E-state index in [9.17, 15) is 13.2 Å². The minimum Gasteiger partial charge on any atom is -0.481 e. The molecule has 31 heavy (non-hydrogen) atoms. The molecule has 1 saturated heterocycles. The van der Waals surface area contributed by atoms with E-state index in [2.05, 4.69) is 20.3 Å². The molecule has 3 aromatic rings. The second-order valence-corrected chi connectivity index (χ2v) is 9.30. The zero-order valence-electron chi connectivity index (χ0n) is 17.1. The highest BCUT2D eigenvalue weighted by atomic mass is 32.2. The van der Waals surface area contributed by atoms with Gasteiger partial charge in [0.05, 0.1) is 43.0 Å². The second kappa shape index (κ2) is 8.47. The van der Waals surface area contributed by atoms with Gasteiger partial charge in [-0.2, -0.15) is 9.97 Å². The van der Waals surface area contributed by atoms with Crippen LogP contribution >= 0.6 is 0 Å². The number of anilines is 1. The summed E-state index contributed by atoms with van der Waals surface area (Å²) in [6, 6.07) is 7.02. The number of nitrogens with zero attached hydrogens (tertiary/aromatic N) is 5.